The summed E-state index contributed by atoms with van der Waals surface area (Å²) in [6, 6.07) is 0. The highest BCUT2D eigenvalue weighted by atomic mass is 16.5. The van der Waals surface area contributed by atoms with Crippen molar-refractivity contribution in [3.8, 4) is 0 Å². The van der Waals surface area contributed by atoms with Gasteiger partial charge in [-0.1, -0.05) is 53.4 Å². The number of hydrogen-bond acceptors (Lipinski definition) is 4. The highest BCUT2D eigenvalue weighted by Crippen LogP contribution is 2.13. The summed E-state index contributed by atoms with van der Waals surface area (Å²) in [6.07, 6.45) is 10.5. The molecule has 0 saturated heterocycles. The van der Waals surface area contributed by atoms with Crippen molar-refractivity contribution in [3.05, 3.63) is 0 Å². The van der Waals surface area contributed by atoms with Gasteiger partial charge in [-0.25, -0.2) is 0 Å². The zero-order valence-electron chi connectivity index (χ0n) is 16.3. The smallest absolute Gasteiger partial charge is 0.306 e. The molecule has 0 aromatic rings. The molecule has 24 heavy (non-hydrogen) atoms. The average Bonchev–Trinajstić information content (AvgIpc) is 2.58. The van der Waals surface area contributed by atoms with Gasteiger partial charge in [-0.05, 0) is 38.5 Å². The third-order valence-electron chi connectivity index (χ3n) is 4.30. The second kappa shape index (κ2) is 15.5. The Bertz CT molecular complexity index is 296. The Labute approximate surface area is 148 Å². The van der Waals surface area contributed by atoms with E-state index < -0.39 is 0 Å². The van der Waals surface area contributed by atoms with Crippen LogP contribution in [0.15, 0.2) is 0 Å². The standard InChI is InChI=1S/C20H38O4/c1-5-9-11-13-17(7-3)23-19(21)15-16-20(22)24-18(8-4)14-12-10-6-2/h17-18H,5-16H2,1-4H3. The fourth-order valence-electron chi connectivity index (χ4n) is 2.63. The Morgan fingerprint density at radius 1 is 0.667 bits per heavy atom. The first-order valence-corrected chi connectivity index (χ1v) is 9.96. The summed E-state index contributed by atoms with van der Waals surface area (Å²) < 4.78 is 10.9. The maximum absolute atomic E-state index is 11.9. The van der Waals surface area contributed by atoms with E-state index in [1.54, 1.807) is 0 Å². The highest BCUT2D eigenvalue weighted by molar-refractivity contribution is 5.77. The lowest BCUT2D eigenvalue weighted by Gasteiger charge is -2.17. The number of unbranched alkanes of at least 4 members (excludes halogenated alkanes) is 4. The minimum atomic E-state index is -0.283. The molecule has 0 rings (SSSR count). The fourth-order valence-corrected chi connectivity index (χ4v) is 2.63. The fraction of sp³-hybridized carbons (Fsp3) is 0.900. The first-order chi connectivity index (χ1) is 11.6. The number of carbonyl (C=O) groups is 2. The average molecular weight is 343 g/mol. The highest BCUT2D eigenvalue weighted by Gasteiger charge is 2.16. The van der Waals surface area contributed by atoms with Crippen molar-refractivity contribution < 1.29 is 19.1 Å². The van der Waals surface area contributed by atoms with Crippen LogP contribution in [0, 0.1) is 0 Å². The zero-order chi connectivity index (χ0) is 18.2. The molecule has 2 unspecified atom stereocenters. The lowest BCUT2D eigenvalue weighted by Crippen LogP contribution is -2.21. The summed E-state index contributed by atoms with van der Waals surface area (Å²) in [5, 5.41) is 0. The predicted octanol–water partition coefficient (Wildman–Crippen LogP) is 5.57. The van der Waals surface area contributed by atoms with Crippen molar-refractivity contribution in [2.45, 2.75) is 117 Å². The third kappa shape index (κ3) is 12.4. The number of ether oxygens (including phenoxy) is 2. The van der Waals surface area contributed by atoms with Crippen LogP contribution in [0.5, 0.6) is 0 Å². The topological polar surface area (TPSA) is 52.6 Å². The molecule has 0 aliphatic heterocycles. The van der Waals surface area contributed by atoms with Crippen molar-refractivity contribution in [2.75, 3.05) is 0 Å². The van der Waals surface area contributed by atoms with Crippen LogP contribution in [0.4, 0.5) is 0 Å². The van der Waals surface area contributed by atoms with Crippen LogP contribution in [0.3, 0.4) is 0 Å². The van der Waals surface area contributed by atoms with Gasteiger partial charge in [0.15, 0.2) is 0 Å². The summed E-state index contributed by atoms with van der Waals surface area (Å²) >= 11 is 0. The van der Waals surface area contributed by atoms with Gasteiger partial charge in [0.1, 0.15) is 12.2 Å². The minimum absolute atomic E-state index is 0.0162. The second-order valence-electron chi connectivity index (χ2n) is 6.53. The third-order valence-corrected chi connectivity index (χ3v) is 4.30. The summed E-state index contributed by atoms with van der Waals surface area (Å²) in [6.45, 7) is 8.37. The number of esters is 2. The van der Waals surface area contributed by atoms with Crippen molar-refractivity contribution in [2.24, 2.45) is 0 Å². The van der Waals surface area contributed by atoms with Crippen LogP contribution in [0.1, 0.15) is 105 Å². The van der Waals surface area contributed by atoms with E-state index in [0.29, 0.717) is 0 Å². The Hall–Kier alpha value is -1.06. The largest absolute Gasteiger partial charge is 0.462 e. The van der Waals surface area contributed by atoms with Gasteiger partial charge in [0, 0.05) is 0 Å². The minimum Gasteiger partial charge on any atom is -0.462 e. The molecule has 4 heteroatoms. The monoisotopic (exact) mass is 342 g/mol. The molecule has 0 heterocycles. The summed E-state index contributed by atoms with van der Waals surface area (Å²) in [5.74, 6) is -0.566. The lowest BCUT2D eigenvalue weighted by molar-refractivity contribution is -0.156. The van der Waals surface area contributed by atoms with E-state index >= 15 is 0 Å². The number of carbonyl (C=O) groups excluding carboxylic acids is 2. The molecule has 0 N–H and O–H groups in total. The second-order valence-corrected chi connectivity index (χ2v) is 6.53. The van der Waals surface area contributed by atoms with Gasteiger partial charge >= 0.3 is 11.9 Å². The SMILES string of the molecule is CCCCCC(CC)OC(=O)CCC(=O)OC(CC)CCCCC. The molecule has 2 atom stereocenters. The molecule has 0 bridgehead atoms. The zero-order valence-corrected chi connectivity index (χ0v) is 16.3. The Morgan fingerprint density at radius 3 is 1.33 bits per heavy atom. The first-order valence-electron chi connectivity index (χ1n) is 9.96. The summed E-state index contributed by atoms with van der Waals surface area (Å²) in [4.78, 5) is 23.8. The van der Waals surface area contributed by atoms with Crippen LogP contribution in [0.25, 0.3) is 0 Å². The molecular weight excluding hydrogens is 304 g/mol. The van der Waals surface area contributed by atoms with Gasteiger partial charge in [-0.2, -0.15) is 0 Å². The van der Waals surface area contributed by atoms with E-state index in [4.69, 9.17) is 9.47 Å². The Kier molecular flexibility index (Phi) is 14.8. The summed E-state index contributed by atoms with van der Waals surface area (Å²) in [7, 11) is 0. The van der Waals surface area contributed by atoms with Crippen molar-refractivity contribution >= 4 is 11.9 Å². The normalized spacial score (nSPS) is 13.3. The van der Waals surface area contributed by atoms with Crippen LogP contribution >= 0.6 is 0 Å². The van der Waals surface area contributed by atoms with Gasteiger partial charge in [0.25, 0.3) is 0 Å². The molecule has 0 aliphatic carbocycles. The molecule has 0 radical (unpaired) electrons. The van der Waals surface area contributed by atoms with Crippen molar-refractivity contribution in [1.29, 1.82) is 0 Å². The van der Waals surface area contributed by atoms with E-state index in [9.17, 15) is 9.59 Å². The molecule has 0 saturated carbocycles. The molecule has 0 aromatic carbocycles. The maximum atomic E-state index is 11.9. The van der Waals surface area contributed by atoms with Crippen LogP contribution in [0.2, 0.25) is 0 Å². The van der Waals surface area contributed by atoms with Gasteiger partial charge < -0.3 is 9.47 Å². The molecular formula is C20H38O4. The van der Waals surface area contributed by atoms with Crippen LogP contribution in [-0.2, 0) is 19.1 Å². The lowest BCUT2D eigenvalue weighted by atomic mass is 10.1. The maximum Gasteiger partial charge on any atom is 0.306 e. The predicted molar refractivity (Wildman–Crippen MR) is 97.9 cm³/mol. The van der Waals surface area contributed by atoms with E-state index in [2.05, 4.69) is 13.8 Å². The quantitative estimate of drug-likeness (QED) is 0.288. The van der Waals surface area contributed by atoms with Gasteiger partial charge in [-0.15, -0.1) is 0 Å². The van der Waals surface area contributed by atoms with Gasteiger partial charge in [0.2, 0.25) is 0 Å². The van der Waals surface area contributed by atoms with Gasteiger partial charge in [-0.3, -0.25) is 9.59 Å². The van der Waals surface area contributed by atoms with Gasteiger partial charge in [0.05, 0.1) is 12.8 Å². The summed E-state index contributed by atoms with van der Waals surface area (Å²) in [5.41, 5.74) is 0. The number of hydrogen-bond donors (Lipinski definition) is 0. The van der Waals surface area contributed by atoms with E-state index in [1.165, 1.54) is 0 Å². The van der Waals surface area contributed by atoms with E-state index in [1.807, 2.05) is 13.8 Å². The van der Waals surface area contributed by atoms with Crippen LogP contribution < -0.4 is 0 Å². The molecule has 0 amide bonds. The Morgan fingerprint density at radius 2 is 1.04 bits per heavy atom. The molecule has 4 nitrogen and oxygen atoms in total. The van der Waals surface area contributed by atoms with Crippen molar-refractivity contribution in [3.63, 3.8) is 0 Å². The molecule has 0 aliphatic rings. The molecule has 0 fully saturated rings. The van der Waals surface area contributed by atoms with E-state index in [-0.39, 0.29) is 37.0 Å². The molecule has 0 aromatic heterocycles. The molecule has 142 valence electrons. The first kappa shape index (κ1) is 22.9. The Balaban J connectivity index is 3.99. The number of rotatable bonds is 15. The van der Waals surface area contributed by atoms with Crippen LogP contribution in [-0.4, -0.2) is 24.1 Å². The molecule has 0 spiro atoms. The van der Waals surface area contributed by atoms with E-state index in [0.717, 1.165) is 64.2 Å². The van der Waals surface area contributed by atoms with Crippen molar-refractivity contribution in [1.82, 2.24) is 0 Å².